The topological polar surface area (TPSA) is 264 Å². The summed E-state index contributed by atoms with van der Waals surface area (Å²) in [5, 5.41) is 6.07. The van der Waals surface area contributed by atoms with Crippen LogP contribution in [0.3, 0.4) is 0 Å². The van der Waals surface area contributed by atoms with Crippen LogP contribution in [0.2, 0.25) is 0 Å². The van der Waals surface area contributed by atoms with Crippen molar-refractivity contribution in [2.24, 2.45) is 5.73 Å². The molecule has 6 fully saturated rings. The number of carbonyl (C=O) groups is 3. The lowest BCUT2D eigenvalue weighted by Crippen LogP contribution is -2.44. The van der Waals surface area contributed by atoms with Gasteiger partial charge in [0.15, 0.2) is 0 Å². The number of nitrogens with zero attached hydrogens (tertiary/aromatic N) is 9. The number of alkyl halides is 1. The molecule has 0 aliphatic carbocycles. The maximum atomic E-state index is 12.1. The molecule has 0 unspecified atom stereocenters. The van der Waals surface area contributed by atoms with Gasteiger partial charge in [-0.1, -0.05) is 15.9 Å². The molecule has 0 aromatic rings. The number of likely N-dealkylation sites (tertiary alicyclic amines) is 3. The van der Waals surface area contributed by atoms with Crippen molar-refractivity contribution in [1.29, 1.82) is 0 Å². The lowest BCUT2D eigenvalue weighted by atomic mass is 10.3. The van der Waals surface area contributed by atoms with Crippen LogP contribution in [0.1, 0.15) is 38.5 Å². The van der Waals surface area contributed by atoms with Gasteiger partial charge in [0.2, 0.25) is 47.8 Å². The van der Waals surface area contributed by atoms with Crippen molar-refractivity contribution in [2.75, 3.05) is 154 Å². The van der Waals surface area contributed by atoms with Crippen molar-refractivity contribution in [3.05, 3.63) is 34.3 Å². The van der Waals surface area contributed by atoms with E-state index in [1.165, 1.54) is 12.9 Å². The van der Waals surface area contributed by atoms with Gasteiger partial charge in [-0.2, -0.15) is 12.9 Å². The van der Waals surface area contributed by atoms with E-state index >= 15 is 0 Å². The predicted molar refractivity (Wildman–Crippen MR) is 251 cm³/mol. The fourth-order valence-electron chi connectivity index (χ4n) is 7.61. The van der Waals surface area contributed by atoms with Gasteiger partial charge in [-0.3, -0.25) is 43.6 Å². The third-order valence-electron chi connectivity index (χ3n) is 11.3. The highest BCUT2D eigenvalue weighted by molar-refractivity contribution is 9.09. The Balaban J connectivity index is 0.000000248. The van der Waals surface area contributed by atoms with Gasteiger partial charge in [-0.25, -0.2) is 45.0 Å². The van der Waals surface area contributed by atoms with E-state index in [9.17, 15) is 39.6 Å². The quantitative estimate of drug-likeness (QED) is 0.0864. The Bertz CT molecular complexity index is 1920. The van der Waals surface area contributed by atoms with Crippen LogP contribution < -0.4 is 16.4 Å². The number of hydrogen-bond acceptors (Lipinski definition) is 15. The van der Waals surface area contributed by atoms with Gasteiger partial charge >= 0.3 is 18.5 Å². The summed E-state index contributed by atoms with van der Waals surface area (Å²) in [5.74, 6) is -0.278. The Hall–Kier alpha value is -3.15. The summed E-state index contributed by atoms with van der Waals surface area (Å²) < 4.78 is 90.7. The molecule has 0 bridgehead atoms. The second-order valence-corrected chi connectivity index (χ2v) is 22.6. The third kappa shape index (κ3) is 19.6. The highest BCUT2D eigenvalue weighted by Gasteiger charge is 2.35. The molecule has 3 amide bonds. The Morgan fingerprint density at radius 1 is 0.522 bits per heavy atom. The zero-order valence-corrected chi connectivity index (χ0v) is 42.1. The molecule has 0 radical (unpaired) electrons. The van der Waals surface area contributed by atoms with Gasteiger partial charge in [0.25, 0.3) is 0 Å². The minimum atomic E-state index is -3.30. The number of carbonyl (C=O) groups excluding carboxylic acids is 3. The number of nitrogens with two attached hydrogens (primary N) is 1. The number of ether oxygens (including phenoxy) is 3. The van der Waals surface area contributed by atoms with Crippen molar-refractivity contribution in [1.82, 2.24) is 38.2 Å². The van der Waals surface area contributed by atoms with Gasteiger partial charge in [0.05, 0.1) is 75.3 Å². The maximum Gasteiger partial charge on any atom is 0.300 e. The molecule has 28 heteroatoms. The van der Waals surface area contributed by atoms with Gasteiger partial charge < -0.3 is 30.6 Å². The molecule has 0 aromatic carbocycles. The van der Waals surface area contributed by atoms with Gasteiger partial charge in [-0.05, 0) is 19.3 Å². The van der Waals surface area contributed by atoms with E-state index in [0.29, 0.717) is 97.3 Å². The number of sulfonamides is 3. The lowest BCUT2D eigenvalue weighted by Gasteiger charge is -2.26. The van der Waals surface area contributed by atoms with E-state index in [4.69, 9.17) is 39.7 Å². The highest BCUT2D eigenvalue weighted by atomic mass is 79.9. The average molecular weight is 1070 g/mol. The summed E-state index contributed by atoms with van der Waals surface area (Å²) >= 11 is 3.09. The van der Waals surface area contributed by atoms with E-state index < -0.39 is 30.1 Å². The number of hydrogen-bond donors (Lipinski definition) is 3. The molecule has 67 heavy (non-hydrogen) atoms. The van der Waals surface area contributed by atoms with Crippen LogP contribution in [0.25, 0.3) is 14.5 Å². The molecule has 6 heterocycles. The molecule has 0 spiro atoms. The lowest BCUT2D eigenvalue weighted by molar-refractivity contribution is -0.131. The zero-order chi connectivity index (χ0) is 49.3. The Labute approximate surface area is 404 Å². The summed E-state index contributed by atoms with van der Waals surface area (Å²) in [6.07, 6.45) is 4.04. The van der Waals surface area contributed by atoms with Gasteiger partial charge in [-0.15, -0.1) is 0 Å². The number of nitrogens with one attached hydrogen (secondary N) is 2. The van der Waals surface area contributed by atoms with Crippen molar-refractivity contribution < 1.29 is 53.8 Å². The Morgan fingerprint density at radius 2 is 0.821 bits per heavy atom. The van der Waals surface area contributed by atoms with Crippen LogP contribution in [0.15, 0.2) is 0 Å². The zero-order valence-electron chi connectivity index (χ0n) is 38.0. The van der Waals surface area contributed by atoms with E-state index in [1.807, 2.05) is 0 Å². The largest absolute Gasteiger partial charge is 0.379 e. The SMILES string of the molecule is NCCS(=O)(=O)N1CCOCC1.[C-]#[N+][C@@H]1CCCN1C(=O)CBr.[C-]#[N+][C@@H]1CCCN1C(=O)CNCCS(=O)(=O)N1CCOCC1.[C-]#[N+][C@@H]1CCCN1C(=O)CNCCS(=O)(=O)N1CCOCC1. The van der Waals surface area contributed by atoms with Crippen molar-refractivity contribution in [3.63, 3.8) is 0 Å². The van der Waals surface area contributed by atoms with Crippen molar-refractivity contribution in [2.45, 2.75) is 57.0 Å². The molecule has 6 saturated heterocycles. The fourth-order valence-corrected chi connectivity index (χ4v) is 11.9. The Kier molecular flexibility index (Phi) is 26.4. The number of halogens is 1. The second kappa shape index (κ2) is 30.5. The van der Waals surface area contributed by atoms with Crippen molar-refractivity contribution >= 4 is 63.7 Å². The summed E-state index contributed by atoms with van der Waals surface area (Å²) in [6, 6.07) is 0. The normalized spacial score (nSPS) is 23.0. The molecule has 380 valence electrons. The van der Waals surface area contributed by atoms with Crippen molar-refractivity contribution in [3.8, 4) is 0 Å². The standard InChI is InChI=1S/2C13H22N4O4S.C7H9BrN2O.C6H14N2O3S/c2*1-14-12-3-2-5-17(12)13(18)11-15-4-10-22(19,20)16-6-8-21-9-7-16;1-9-6-3-2-4-10(6)7(11)5-8;7-1-6-12(9,10)8-2-4-11-5-3-8/h2*12,15H,2-11H2;6H,2-5H2;1-7H2/t2*12-;6-;/m000./s1. The number of rotatable bonds is 16. The molecule has 6 aliphatic heterocycles. The van der Waals surface area contributed by atoms with Crippen LogP contribution in [-0.2, 0) is 58.7 Å². The first-order valence-corrected chi connectivity index (χ1v) is 28.3. The molecule has 0 saturated carbocycles. The molecule has 3 atom stereocenters. The monoisotopic (exact) mass is 1070 g/mol. The van der Waals surface area contributed by atoms with E-state index in [1.54, 1.807) is 14.7 Å². The second-order valence-electron chi connectivity index (χ2n) is 15.8. The maximum absolute atomic E-state index is 12.1. The Morgan fingerprint density at radius 3 is 1.10 bits per heavy atom. The number of amides is 3. The fraction of sp³-hybridized carbons (Fsp3) is 0.846. The first kappa shape index (κ1) is 58.2. The van der Waals surface area contributed by atoms with E-state index in [-0.39, 0.29) is 86.2 Å². The third-order valence-corrected chi connectivity index (χ3v) is 17.4. The molecule has 4 N–H and O–H groups in total. The smallest absolute Gasteiger partial charge is 0.300 e. The van der Waals surface area contributed by atoms with E-state index in [0.717, 1.165) is 45.1 Å². The minimum Gasteiger partial charge on any atom is -0.379 e. The van der Waals surface area contributed by atoms with E-state index in [2.05, 4.69) is 41.1 Å². The van der Waals surface area contributed by atoms with Crippen LogP contribution in [0.4, 0.5) is 0 Å². The molecular formula is C39H67BrN12O12S3. The average Bonchev–Trinajstić information content (AvgIpc) is 4.15. The number of morpholine rings is 3. The van der Waals surface area contributed by atoms with Gasteiger partial charge in [0, 0.05) is 97.8 Å². The summed E-state index contributed by atoms with van der Waals surface area (Å²) in [6.45, 7) is 28.8. The molecule has 0 aromatic heterocycles. The van der Waals surface area contributed by atoms with Crippen LogP contribution in [0.5, 0.6) is 0 Å². The first-order valence-electron chi connectivity index (χ1n) is 22.4. The van der Waals surface area contributed by atoms with Crippen LogP contribution >= 0.6 is 15.9 Å². The molecule has 24 nitrogen and oxygen atoms in total. The highest BCUT2D eigenvalue weighted by Crippen LogP contribution is 2.20. The van der Waals surface area contributed by atoms with Crippen LogP contribution in [0, 0.1) is 19.7 Å². The van der Waals surface area contributed by atoms with Gasteiger partial charge in [0.1, 0.15) is 0 Å². The molecule has 6 aliphatic rings. The molecular weight excluding hydrogens is 1000 g/mol. The minimum absolute atomic E-state index is 0.0310. The predicted octanol–water partition coefficient (Wildman–Crippen LogP) is -1.93. The molecule has 6 rings (SSSR count). The first-order chi connectivity index (χ1) is 32.0. The summed E-state index contributed by atoms with van der Waals surface area (Å²) in [7, 11) is -9.70. The summed E-state index contributed by atoms with van der Waals surface area (Å²) in [4.78, 5) is 50.1. The summed E-state index contributed by atoms with van der Waals surface area (Å²) in [5.41, 5.74) is 5.18. The van der Waals surface area contributed by atoms with Crippen LogP contribution in [-0.4, -0.2) is 243 Å².